The maximum Gasteiger partial charge on any atom is 0.315 e. The number of nitrogens with one attached hydrogen (secondary N) is 2. The second-order valence-electron chi connectivity index (χ2n) is 5.93. The molecule has 4 unspecified atom stereocenters. The highest BCUT2D eigenvalue weighted by Gasteiger charge is 2.48. The van der Waals surface area contributed by atoms with Crippen LogP contribution >= 0.6 is 0 Å². The van der Waals surface area contributed by atoms with Gasteiger partial charge in [0.2, 0.25) is 0 Å². The summed E-state index contributed by atoms with van der Waals surface area (Å²) in [7, 11) is 1.66. The van der Waals surface area contributed by atoms with E-state index in [0.717, 1.165) is 12.8 Å². The molecular formula is C14H24N2O4. The molecule has 0 spiro atoms. The molecule has 0 radical (unpaired) electrons. The van der Waals surface area contributed by atoms with Gasteiger partial charge in [0, 0.05) is 13.2 Å². The van der Waals surface area contributed by atoms with E-state index in [9.17, 15) is 4.79 Å². The van der Waals surface area contributed by atoms with E-state index < -0.39 is 0 Å². The molecule has 1 saturated carbocycles. The summed E-state index contributed by atoms with van der Waals surface area (Å²) in [6.45, 7) is 1.03. The molecule has 1 aliphatic carbocycles. The Morgan fingerprint density at radius 1 is 1.05 bits per heavy atom. The number of carbonyl (C=O) groups is 1. The van der Waals surface area contributed by atoms with Gasteiger partial charge in [0.1, 0.15) is 18.3 Å². The van der Waals surface area contributed by atoms with Crippen molar-refractivity contribution >= 4 is 6.03 Å². The zero-order valence-electron chi connectivity index (χ0n) is 12.0. The van der Waals surface area contributed by atoms with Gasteiger partial charge in [-0.25, -0.2) is 4.79 Å². The van der Waals surface area contributed by atoms with Gasteiger partial charge in [0.15, 0.2) is 0 Å². The van der Waals surface area contributed by atoms with E-state index in [0.29, 0.717) is 19.3 Å². The Labute approximate surface area is 119 Å². The third-order valence-corrected chi connectivity index (χ3v) is 4.57. The molecule has 0 aromatic heterocycles. The smallest absolute Gasteiger partial charge is 0.315 e. The molecule has 6 heteroatoms. The highest BCUT2D eigenvalue weighted by molar-refractivity contribution is 5.74. The van der Waals surface area contributed by atoms with Crippen molar-refractivity contribution < 1.29 is 19.0 Å². The summed E-state index contributed by atoms with van der Waals surface area (Å²) in [6, 6.07) is 0.137. The minimum atomic E-state index is -0.101. The first-order chi connectivity index (χ1) is 9.78. The van der Waals surface area contributed by atoms with Crippen molar-refractivity contribution in [2.75, 3.05) is 20.3 Å². The Balaban J connectivity index is 1.47. The first-order valence-electron chi connectivity index (χ1n) is 7.61. The van der Waals surface area contributed by atoms with E-state index in [4.69, 9.17) is 14.2 Å². The summed E-state index contributed by atoms with van der Waals surface area (Å²) in [5, 5.41) is 6.05. The zero-order valence-corrected chi connectivity index (χ0v) is 12.0. The molecule has 2 aliphatic heterocycles. The Bertz CT molecular complexity index is 346. The maximum atomic E-state index is 12.0. The largest absolute Gasteiger partial charge is 0.376 e. The van der Waals surface area contributed by atoms with E-state index in [1.54, 1.807) is 7.11 Å². The molecule has 0 bridgehead atoms. The number of amides is 2. The van der Waals surface area contributed by atoms with Gasteiger partial charge in [-0.3, -0.25) is 0 Å². The van der Waals surface area contributed by atoms with Gasteiger partial charge in [-0.2, -0.15) is 0 Å². The minimum Gasteiger partial charge on any atom is -0.376 e. The predicted octanol–water partition coefficient (Wildman–Crippen LogP) is 0.799. The summed E-state index contributed by atoms with van der Waals surface area (Å²) < 4.78 is 16.7. The van der Waals surface area contributed by atoms with Gasteiger partial charge in [0.05, 0.1) is 19.3 Å². The quantitative estimate of drug-likeness (QED) is 0.804. The molecule has 2 amide bonds. The van der Waals surface area contributed by atoms with Crippen molar-refractivity contribution in [3.8, 4) is 0 Å². The number of urea groups is 1. The molecule has 0 aromatic carbocycles. The first-order valence-corrected chi connectivity index (χ1v) is 7.61. The summed E-state index contributed by atoms with van der Waals surface area (Å²) in [4.78, 5) is 12.0. The summed E-state index contributed by atoms with van der Waals surface area (Å²) >= 11 is 0. The van der Waals surface area contributed by atoms with Gasteiger partial charge >= 0.3 is 6.03 Å². The van der Waals surface area contributed by atoms with Crippen LogP contribution < -0.4 is 10.6 Å². The SMILES string of the molecule is COC1COC2C(NC(=O)NC3CCCCC3)COC12. The molecular weight excluding hydrogens is 260 g/mol. The van der Waals surface area contributed by atoms with Crippen molar-refractivity contribution in [1.82, 2.24) is 10.6 Å². The maximum absolute atomic E-state index is 12.0. The standard InChI is InChI=1S/C14H24N2O4/c1-18-11-8-20-12-10(7-19-13(11)12)16-14(17)15-9-5-3-2-4-6-9/h9-13H,2-8H2,1H3,(H2,15,16,17). The Hall–Kier alpha value is -0.850. The normalized spacial score (nSPS) is 37.6. The molecule has 20 heavy (non-hydrogen) atoms. The van der Waals surface area contributed by atoms with Crippen molar-refractivity contribution in [3.63, 3.8) is 0 Å². The molecule has 0 aromatic rings. The highest BCUT2D eigenvalue weighted by Crippen LogP contribution is 2.28. The summed E-state index contributed by atoms with van der Waals surface area (Å²) in [5.41, 5.74) is 0. The van der Waals surface area contributed by atoms with Crippen LogP contribution in [0.5, 0.6) is 0 Å². The number of hydrogen-bond donors (Lipinski definition) is 2. The molecule has 4 atom stereocenters. The van der Waals surface area contributed by atoms with Crippen LogP contribution in [-0.2, 0) is 14.2 Å². The molecule has 3 rings (SSSR count). The summed E-state index contributed by atoms with van der Waals surface area (Å²) in [5.74, 6) is 0. The Morgan fingerprint density at radius 2 is 1.80 bits per heavy atom. The van der Waals surface area contributed by atoms with Crippen molar-refractivity contribution in [2.24, 2.45) is 0 Å². The minimum absolute atomic E-state index is 0.0202. The average molecular weight is 284 g/mol. The number of hydrogen-bond acceptors (Lipinski definition) is 4. The molecule has 3 aliphatic rings. The fourth-order valence-electron chi connectivity index (χ4n) is 3.43. The second-order valence-corrected chi connectivity index (χ2v) is 5.93. The van der Waals surface area contributed by atoms with E-state index in [2.05, 4.69) is 10.6 Å². The molecule has 2 N–H and O–H groups in total. The van der Waals surface area contributed by atoms with Crippen LogP contribution in [0.1, 0.15) is 32.1 Å². The van der Waals surface area contributed by atoms with Crippen molar-refractivity contribution in [3.05, 3.63) is 0 Å². The lowest BCUT2D eigenvalue weighted by Gasteiger charge is -2.24. The third kappa shape index (κ3) is 2.92. The van der Waals surface area contributed by atoms with Crippen LogP contribution in [-0.4, -0.2) is 56.8 Å². The van der Waals surface area contributed by atoms with E-state index in [1.807, 2.05) is 0 Å². The molecule has 2 saturated heterocycles. The lowest BCUT2D eigenvalue weighted by molar-refractivity contribution is -0.00808. The summed E-state index contributed by atoms with van der Waals surface area (Å²) in [6.07, 6.45) is 5.71. The lowest BCUT2D eigenvalue weighted by Crippen LogP contribution is -2.51. The van der Waals surface area contributed by atoms with Crippen LogP contribution in [0.2, 0.25) is 0 Å². The fraction of sp³-hybridized carbons (Fsp3) is 0.929. The van der Waals surface area contributed by atoms with E-state index in [-0.39, 0.29) is 30.4 Å². The fourth-order valence-corrected chi connectivity index (χ4v) is 3.43. The van der Waals surface area contributed by atoms with Gasteiger partial charge in [-0.05, 0) is 12.8 Å². The van der Waals surface area contributed by atoms with Crippen molar-refractivity contribution in [2.45, 2.75) is 62.5 Å². The number of carbonyl (C=O) groups excluding carboxylic acids is 1. The molecule has 3 fully saturated rings. The first kappa shape index (κ1) is 14.1. The zero-order chi connectivity index (χ0) is 13.9. The predicted molar refractivity (Wildman–Crippen MR) is 72.6 cm³/mol. The van der Waals surface area contributed by atoms with Crippen molar-refractivity contribution in [1.29, 1.82) is 0 Å². The van der Waals surface area contributed by atoms with Gasteiger partial charge in [-0.15, -0.1) is 0 Å². The molecule has 114 valence electrons. The Morgan fingerprint density at radius 3 is 2.55 bits per heavy atom. The lowest BCUT2D eigenvalue weighted by atomic mass is 9.96. The molecule has 2 heterocycles. The number of ether oxygens (including phenoxy) is 3. The van der Waals surface area contributed by atoms with Gasteiger partial charge < -0.3 is 24.8 Å². The highest BCUT2D eigenvalue weighted by atomic mass is 16.6. The number of rotatable bonds is 3. The topological polar surface area (TPSA) is 68.8 Å². The van der Waals surface area contributed by atoms with Crippen LogP contribution in [0.4, 0.5) is 4.79 Å². The monoisotopic (exact) mass is 284 g/mol. The Kier molecular flexibility index (Phi) is 4.43. The van der Waals surface area contributed by atoms with Crippen LogP contribution in [0, 0.1) is 0 Å². The van der Waals surface area contributed by atoms with Gasteiger partial charge in [0.25, 0.3) is 0 Å². The van der Waals surface area contributed by atoms with Crippen LogP contribution in [0.3, 0.4) is 0 Å². The third-order valence-electron chi connectivity index (χ3n) is 4.57. The van der Waals surface area contributed by atoms with Crippen LogP contribution in [0.25, 0.3) is 0 Å². The number of fused-ring (bicyclic) bond motifs is 1. The van der Waals surface area contributed by atoms with E-state index in [1.165, 1.54) is 19.3 Å². The van der Waals surface area contributed by atoms with Gasteiger partial charge in [-0.1, -0.05) is 19.3 Å². The number of methoxy groups -OCH3 is 1. The average Bonchev–Trinajstić information content (AvgIpc) is 3.02. The second kappa shape index (κ2) is 6.28. The van der Waals surface area contributed by atoms with Crippen LogP contribution in [0.15, 0.2) is 0 Å². The molecule has 6 nitrogen and oxygen atoms in total. The van der Waals surface area contributed by atoms with E-state index >= 15 is 0 Å².